The predicted octanol–water partition coefficient (Wildman–Crippen LogP) is 2.49. The van der Waals surface area contributed by atoms with Crippen LogP contribution in [0, 0.1) is 5.92 Å². The van der Waals surface area contributed by atoms with Gasteiger partial charge in [0.15, 0.2) is 0 Å². The van der Waals surface area contributed by atoms with Crippen LogP contribution in [-0.2, 0) is 16.0 Å². The lowest BCUT2D eigenvalue weighted by Crippen LogP contribution is -2.44. The van der Waals surface area contributed by atoms with Crippen LogP contribution in [0.2, 0.25) is 0 Å². The van der Waals surface area contributed by atoms with Crippen molar-refractivity contribution in [3.63, 3.8) is 0 Å². The van der Waals surface area contributed by atoms with E-state index < -0.39 is 12.0 Å². The Balaban J connectivity index is 2.59. The van der Waals surface area contributed by atoms with Crippen molar-refractivity contribution in [2.45, 2.75) is 25.8 Å². The van der Waals surface area contributed by atoms with Crippen LogP contribution in [0.3, 0.4) is 0 Å². The third-order valence-electron chi connectivity index (χ3n) is 3.29. The molecule has 2 N–H and O–H groups in total. The van der Waals surface area contributed by atoms with Crippen molar-refractivity contribution in [3.8, 4) is 0 Å². The van der Waals surface area contributed by atoms with Gasteiger partial charge < -0.3 is 10.4 Å². The Hall–Kier alpha value is -1.14. The molecule has 0 unspecified atom stereocenters. The summed E-state index contributed by atoms with van der Waals surface area (Å²) in [6.45, 7) is 2.02. The molecule has 0 aliphatic rings. The van der Waals surface area contributed by atoms with E-state index in [-0.39, 0.29) is 11.8 Å². The van der Waals surface area contributed by atoms with Crippen LogP contribution in [0.25, 0.3) is 0 Å². The molecule has 1 rings (SSSR count). The van der Waals surface area contributed by atoms with Crippen molar-refractivity contribution >= 4 is 36.3 Å². The van der Waals surface area contributed by atoms with E-state index in [1.165, 1.54) is 0 Å². The van der Waals surface area contributed by atoms with E-state index in [0.717, 1.165) is 17.1 Å². The molecule has 122 valence electrons. The van der Waals surface area contributed by atoms with Crippen LogP contribution >= 0.6 is 24.4 Å². The van der Waals surface area contributed by atoms with Gasteiger partial charge in [0.25, 0.3) is 0 Å². The largest absolute Gasteiger partial charge is 0.480 e. The topological polar surface area (TPSA) is 66.4 Å². The van der Waals surface area contributed by atoms with E-state index in [4.69, 9.17) is 0 Å². The van der Waals surface area contributed by atoms with Gasteiger partial charge in [-0.3, -0.25) is 4.79 Å². The van der Waals surface area contributed by atoms with Crippen molar-refractivity contribution in [3.05, 3.63) is 35.9 Å². The summed E-state index contributed by atoms with van der Waals surface area (Å²) >= 11 is 5.90. The van der Waals surface area contributed by atoms with Crippen LogP contribution in [0.5, 0.6) is 0 Å². The first-order chi connectivity index (χ1) is 10.6. The molecule has 1 aromatic rings. The molecule has 0 saturated heterocycles. The second kappa shape index (κ2) is 10.6. The Morgan fingerprint density at radius 2 is 2.00 bits per heavy atom. The highest BCUT2D eigenvalue weighted by Gasteiger charge is 2.24. The van der Waals surface area contributed by atoms with Crippen LogP contribution in [0.1, 0.15) is 18.9 Å². The highest BCUT2D eigenvalue weighted by Crippen LogP contribution is 2.12. The van der Waals surface area contributed by atoms with Gasteiger partial charge in [0.2, 0.25) is 5.91 Å². The van der Waals surface area contributed by atoms with Gasteiger partial charge in [0.1, 0.15) is 6.04 Å². The Bertz CT molecular complexity index is 468. The molecule has 0 aliphatic heterocycles. The quantitative estimate of drug-likeness (QED) is 0.452. The number of benzene rings is 1. The Morgan fingerprint density at radius 1 is 1.32 bits per heavy atom. The zero-order valence-corrected chi connectivity index (χ0v) is 14.4. The number of amides is 1. The van der Waals surface area contributed by atoms with Crippen LogP contribution < -0.4 is 5.32 Å². The third kappa shape index (κ3) is 6.75. The number of carbonyl (C=O) groups is 2. The molecular weight excluding hydrogens is 318 g/mol. The molecule has 0 fully saturated rings. The fourth-order valence-corrected chi connectivity index (χ4v) is 3.02. The Labute approximate surface area is 141 Å². The first-order valence-electron chi connectivity index (χ1n) is 7.34. The average Bonchev–Trinajstić information content (AvgIpc) is 2.52. The normalized spacial score (nSPS) is 13.4. The second-order valence-corrected chi connectivity index (χ2v) is 6.71. The second-order valence-electron chi connectivity index (χ2n) is 4.95. The average molecular weight is 341 g/mol. The zero-order chi connectivity index (χ0) is 16.4. The van der Waals surface area contributed by atoms with Crippen molar-refractivity contribution < 1.29 is 14.7 Å². The third-order valence-corrected chi connectivity index (χ3v) is 4.66. The van der Waals surface area contributed by atoms with Crippen LogP contribution in [-0.4, -0.2) is 40.3 Å². The van der Waals surface area contributed by atoms with Gasteiger partial charge in [-0.2, -0.15) is 24.4 Å². The van der Waals surface area contributed by atoms with Crippen LogP contribution in [0.4, 0.5) is 0 Å². The standard InChI is InChI=1S/C16H23NO3S2/c1-2-22-9-8-14(16(19)20)17-15(18)13(11-21)10-12-6-4-3-5-7-12/h3-7,13-14,21H,2,8-11H2,1H3,(H,17,18)(H,19,20)/t13-,14+/m1/s1. The lowest BCUT2D eigenvalue weighted by molar-refractivity contribution is -0.142. The lowest BCUT2D eigenvalue weighted by atomic mass is 9.99. The molecule has 0 radical (unpaired) electrons. The molecule has 0 heterocycles. The minimum absolute atomic E-state index is 0.243. The zero-order valence-electron chi connectivity index (χ0n) is 12.7. The van der Waals surface area contributed by atoms with Crippen molar-refractivity contribution in [2.75, 3.05) is 17.3 Å². The summed E-state index contributed by atoms with van der Waals surface area (Å²) in [5.41, 5.74) is 1.05. The molecule has 0 aliphatic carbocycles. The number of hydrogen-bond acceptors (Lipinski definition) is 4. The van der Waals surface area contributed by atoms with Gasteiger partial charge in [0, 0.05) is 5.75 Å². The first kappa shape index (κ1) is 18.9. The maximum absolute atomic E-state index is 12.3. The maximum atomic E-state index is 12.3. The van der Waals surface area contributed by atoms with Gasteiger partial charge in [-0.1, -0.05) is 37.3 Å². The van der Waals surface area contributed by atoms with Crippen LogP contribution in [0.15, 0.2) is 30.3 Å². The molecule has 22 heavy (non-hydrogen) atoms. The molecule has 0 aromatic heterocycles. The Morgan fingerprint density at radius 3 is 2.55 bits per heavy atom. The fraction of sp³-hybridized carbons (Fsp3) is 0.500. The number of nitrogens with one attached hydrogen (secondary N) is 1. The molecule has 2 atom stereocenters. The SMILES string of the molecule is CCSCC[C@H](NC(=O)[C@@H](CS)Cc1ccccc1)C(=O)O. The lowest BCUT2D eigenvalue weighted by Gasteiger charge is -2.19. The minimum atomic E-state index is -0.984. The van der Waals surface area contributed by atoms with E-state index in [9.17, 15) is 14.7 Å². The van der Waals surface area contributed by atoms with Crippen molar-refractivity contribution in [1.82, 2.24) is 5.32 Å². The van der Waals surface area contributed by atoms with Gasteiger partial charge in [-0.25, -0.2) is 4.79 Å². The number of carboxylic acids is 1. The molecule has 0 bridgehead atoms. The molecule has 1 aromatic carbocycles. The number of thioether (sulfide) groups is 1. The van der Waals surface area contributed by atoms with Gasteiger partial charge in [-0.05, 0) is 29.9 Å². The minimum Gasteiger partial charge on any atom is -0.480 e. The monoisotopic (exact) mass is 341 g/mol. The molecule has 1 amide bonds. The summed E-state index contributed by atoms with van der Waals surface area (Å²) < 4.78 is 0. The number of rotatable bonds is 10. The van der Waals surface area contributed by atoms with Crippen molar-refractivity contribution in [2.24, 2.45) is 5.92 Å². The summed E-state index contributed by atoms with van der Waals surface area (Å²) in [7, 11) is 0. The number of aliphatic carboxylic acids is 1. The summed E-state index contributed by atoms with van der Waals surface area (Å²) in [6.07, 6.45) is 0.996. The Kier molecular flexibility index (Phi) is 9.08. The summed E-state index contributed by atoms with van der Waals surface area (Å²) in [4.78, 5) is 23.6. The fourth-order valence-electron chi connectivity index (χ4n) is 2.03. The first-order valence-corrected chi connectivity index (χ1v) is 9.12. The van der Waals surface area contributed by atoms with E-state index in [2.05, 4.69) is 17.9 Å². The molecule has 0 spiro atoms. The van der Waals surface area contributed by atoms with Crippen molar-refractivity contribution in [1.29, 1.82) is 0 Å². The van der Waals surface area contributed by atoms with Gasteiger partial charge in [-0.15, -0.1) is 0 Å². The number of thiol groups is 1. The maximum Gasteiger partial charge on any atom is 0.326 e. The van der Waals surface area contributed by atoms with E-state index >= 15 is 0 Å². The number of hydrogen-bond donors (Lipinski definition) is 3. The number of carboxylic acid groups (broad SMARTS) is 1. The predicted molar refractivity (Wildman–Crippen MR) is 94.7 cm³/mol. The molecule has 4 nitrogen and oxygen atoms in total. The summed E-state index contributed by atoms with van der Waals surface area (Å²) in [5.74, 6) is 0.490. The summed E-state index contributed by atoms with van der Waals surface area (Å²) in [5, 5.41) is 11.9. The highest BCUT2D eigenvalue weighted by atomic mass is 32.2. The smallest absolute Gasteiger partial charge is 0.326 e. The molecular formula is C16H23NO3S2. The summed E-state index contributed by atoms with van der Waals surface area (Å²) in [6, 6.07) is 8.85. The van der Waals surface area contributed by atoms with E-state index in [0.29, 0.717) is 18.6 Å². The highest BCUT2D eigenvalue weighted by molar-refractivity contribution is 7.99. The van der Waals surface area contributed by atoms with E-state index in [1.807, 2.05) is 37.3 Å². The van der Waals surface area contributed by atoms with Gasteiger partial charge >= 0.3 is 5.97 Å². The van der Waals surface area contributed by atoms with Gasteiger partial charge in [0.05, 0.1) is 5.92 Å². The molecule has 0 saturated carbocycles. The van der Waals surface area contributed by atoms with E-state index in [1.54, 1.807) is 11.8 Å². The molecule has 6 heteroatoms. The number of carbonyl (C=O) groups excluding carboxylic acids is 1.